The Labute approximate surface area is 110 Å². The molecule has 16 heavy (non-hydrogen) atoms. The van der Waals surface area contributed by atoms with Gasteiger partial charge in [0.1, 0.15) is 0 Å². The molecule has 2 rings (SSSR count). The maximum absolute atomic E-state index is 11.7. The molecule has 1 aliphatic heterocycles. The number of anilines is 1. The summed E-state index contributed by atoms with van der Waals surface area (Å²) in [6, 6.07) is 5.20. The number of hydrogen-bond donors (Lipinski definition) is 0. The first kappa shape index (κ1) is 13.4. The molecule has 0 radical (unpaired) electrons. The topological polar surface area (TPSA) is 23.6 Å². The van der Waals surface area contributed by atoms with Gasteiger partial charge in [-0.05, 0) is 18.2 Å². The molecule has 1 fully saturated rings. The van der Waals surface area contributed by atoms with E-state index in [1.165, 1.54) is 0 Å². The normalized spacial score (nSPS) is 15.3. The van der Waals surface area contributed by atoms with Crippen LogP contribution >= 0.6 is 35.6 Å². The van der Waals surface area contributed by atoms with Crippen LogP contribution in [0.1, 0.15) is 0 Å². The fourth-order valence-corrected chi connectivity index (χ4v) is 1.83. The third-order valence-corrected chi connectivity index (χ3v) is 3.17. The van der Waals surface area contributed by atoms with Crippen LogP contribution in [-0.2, 0) is 0 Å². The Bertz CT molecular complexity index is 411. The molecule has 1 aromatic rings. The van der Waals surface area contributed by atoms with Gasteiger partial charge in [0.25, 0.3) is 0 Å². The van der Waals surface area contributed by atoms with Crippen molar-refractivity contribution in [2.45, 2.75) is 0 Å². The zero-order valence-corrected chi connectivity index (χ0v) is 10.9. The lowest BCUT2D eigenvalue weighted by Crippen LogP contribution is -2.29. The van der Waals surface area contributed by atoms with Gasteiger partial charge in [0.15, 0.2) is 0 Å². The fourth-order valence-electron chi connectivity index (χ4n) is 1.54. The van der Waals surface area contributed by atoms with E-state index in [0.29, 0.717) is 16.6 Å². The minimum Gasteiger partial charge on any atom is -0.326 e. The number of urea groups is 1. The third kappa shape index (κ3) is 2.37. The first-order valence-electron chi connectivity index (χ1n) is 4.57. The first-order chi connectivity index (χ1) is 7.09. The van der Waals surface area contributed by atoms with Crippen molar-refractivity contribution in [2.24, 2.45) is 0 Å². The Morgan fingerprint density at radius 1 is 1.19 bits per heavy atom. The number of amides is 2. The van der Waals surface area contributed by atoms with Crippen molar-refractivity contribution >= 4 is 47.3 Å². The lowest BCUT2D eigenvalue weighted by atomic mass is 10.3. The Hall–Kier alpha value is -0.640. The summed E-state index contributed by atoms with van der Waals surface area (Å²) in [5, 5.41) is 0.969. The Balaban J connectivity index is 0.00000128. The monoisotopic (exact) mass is 280 g/mol. The van der Waals surface area contributed by atoms with Crippen molar-refractivity contribution in [3.8, 4) is 0 Å². The van der Waals surface area contributed by atoms with Crippen LogP contribution in [0.3, 0.4) is 0 Å². The summed E-state index contributed by atoms with van der Waals surface area (Å²) in [4.78, 5) is 15.0. The molecule has 0 atom stereocenters. The van der Waals surface area contributed by atoms with Gasteiger partial charge in [-0.25, -0.2) is 4.79 Å². The maximum Gasteiger partial charge on any atom is 0.324 e. The number of benzene rings is 1. The van der Waals surface area contributed by atoms with E-state index in [1.807, 2.05) is 0 Å². The van der Waals surface area contributed by atoms with Gasteiger partial charge in [0.05, 0.1) is 10.0 Å². The SMILES string of the molecule is CN1CCN(c2ccc(Cl)c(Cl)c2)C1=O.Cl. The Morgan fingerprint density at radius 2 is 1.88 bits per heavy atom. The highest BCUT2D eigenvalue weighted by Gasteiger charge is 2.26. The predicted octanol–water partition coefficient (Wildman–Crippen LogP) is 3.29. The quantitative estimate of drug-likeness (QED) is 0.775. The lowest BCUT2D eigenvalue weighted by Gasteiger charge is -2.16. The van der Waals surface area contributed by atoms with E-state index < -0.39 is 0 Å². The first-order valence-corrected chi connectivity index (χ1v) is 5.33. The Kier molecular flexibility index (Phi) is 4.30. The average molecular weight is 282 g/mol. The van der Waals surface area contributed by atoms with E-state index in [4.69, 9.17) is 23.2 Å². The van der Waals surface area contributed by atoms with Crippen molar-refractivity contribution in [1.29, 1.82) is 0 Å². The molecular weight excluding hydrogens is 270 g/mol. The summed E-state index contributed by atoms with van der Waals surface area (Å²) >= 11 is 11.7. The maximum atomic E-state index is 11.7. The molecule has 1 saturated heterocycles. The van der Waals surface area contributed by atoms with Gasteiger partial charge < -0.3 is 4.90 Å². The summed E-state index contributed by atoms with van der Waals surface area (Å²) in [5.41, 5.74) is 0.791. The van der Waals surface area contributed by atoms with Crippen LogP contribution in [0.25, 0.3) is 0 Å². The van der Waals surface area contributed by atoms with Crippen LogP contribution in [-0.4, -0.2) is 31.1 Å². The van der Waals surface area contributed by atoms with E-state index in [-0.39, 0.29) is 18.4 Å². The van der Waals surface area contributed by atoms with Crippen molar-refractivity contribution < 1.29 is 4.79 Å². The smallest absolute Gasteiger partial charge is 0.324 e. The second-order valence-corrected chi connectivity index (χ2v) is 4.27. The molecule has 6 heteroatoms. The molecular formula is C10H11Cl3N2O. The molecule has 0 unspecified atom stereocenters. The Morgan fingerprint density at radius 3 is 2.38 bits per heavy atom. The van der Waals surface area contributed by atoms with Crippen LogP contribution in [0, 0.1) is 0 Å². The predicted molar refractivity (Wildman–Crippen MR) is 69.1 cm³/mol. The fraction of sp³-hybridized carbons (Fsp3) is 0.300. The van der Waals surface area contributed by atoms with E-state index in [2.05, 4.69) is 0 Å². The third-order valence-electron chi connectivity index (χ3n) is 2.43. The minimum atomic E-state index is -0.00612. The highest BCUT2D eigenvalue weighted by Crippen LogP contribution is 2.28. The highest BCUT2D eigenvalue weighted by molar-refractivity contribution is 6.42. The van der Waals surface area contributed by atoms with E-state index >= 15 is 0 Å². The number of rotatable bonds is 1. The molecule has 0 aromatic heterocycles. The van der Waals surface area contributed by atoms with E-state index in [9.17, 15) is 4.79 Å². The van der Waals surface area contributed by atoms with Gasteiger partial charge in [-0.15, -0.1) is 12.4 Å². The second-order valence-electron chi connectivity index (χ2n) is 3.45. The van der Waals surface area contributed by atoms with Crippen LogP contribution in [0.5, 0.6) is 0 Å². The number of likely N-dealkylation sites (N-methyl/N-ethyl adjacent to an activating group) is 1. The average Bonchev–Trinajstić information content (AvgIpc) is 2.53. The van der Waals surface area contributed by atoms with Gasteiger partial charge in [-0.3, -0.25) is 4.90 Å². The molecule has 2 amide bonds. The number of hydrogen-bond acceptors (Lipinski definition) is 1. The molecule has 0 N–H and O–H groups in total. The molecule has 1 aromatic carbocycles. The van der Waals surface area contributed by atoms with Crippen molar-refractivity contribution in [3.63, 3.8) is 0 Å². The summed E-state index contributed by atoms with van der Waals surface area (Å²) < 4.78 is 0. The molecule has 1 aliphatic rings. The summed E-state index contributed by atoms with van der Waals surface area (Å²) in [5.74, 6) is 0. The lowest BCUT2D eigenvalue weighted by molar-refractivity contribution is 0.229. The molecule has 0 aliphatic carbocycles. The number of halogens is 3. The zero-order chi connectivity index (χ0) is 11.0. The molecule has 1 heterocycles. The van der Waals surface area contributed by atoms with Crippen molar-refractivity contribution in [3.05, 3.63) is 28.2 Å². The summed E-state index contributed by atoms with van der Waals surface area (Å²) in [6.45, 7) is 1.42. The zero-order valence-electron chi connectivity index (χ0n) is 8.61. The van der Waals surface area contributed by atoms with Crippen LogP contribution in [0.4, 0.5) is 10.5 Å². The molecule has 3 nitrogen and oxygen atoms in total. The molecule has 0 saturated carbocycles. The molecule has 0 spiro atoms. The standard InChI is InChI=1S/C10H10Cl2N2O.ClH/c1-13-4-5-14(10(13)15)7-2-3-8(11)9(12)6-7;/h2-3,6H,4-5H2,1H3;1H. The second kappa shape index (κ2) is 5.13. The van der Waals surface area contributed by atoms with Gasteiger partial charge in [0.2, 0.25) is 0 Å². The highest BCUT2D eigenvalue weighted by atomic mass is 35.5. The number of carbonyl (C=O) groups is 1. The summed E-state index contributed by atoms with van der Waals surface area (Å²) in [7, 11) is 1.78. The van der Waals surface area contributed by atoms with Gasteiger partial charge in [-0.2, -0.15) is 0 Å². The van der Waals surface area contributed by atoms with Gasteiger partial charge in [0, 0.05) is 25.8 Å². The number of carbonyl (C=O) groups excluding carboxylic acids is 1. The largest absolute Gasteiger partial charge is 0.326 e. The van der Waals surface area contributed by atoms with E-state index in [1.54, 1.807) is 35.0 Å². The van der Waals surface area contributed by atoms with Gasteiger partial charge >= 0.3 is 6.03 Å². The van der Waals surface area contributed by atoms with Crippen LogP contribution in [0.15, 0.2) is 18.2 Å². The van der Waals surface area contributed by atoms with Crippen LogP contribution < -0.4 is 4.90 Å². The summed E-state index contributed by atoms with van der Waals surface area (Å²) in [6.07, 6.45) is 0. The van der Waals surface area contributed by atoms with E-state index in [0.717, 1.165) is 12.2 Å². The van der Waals surface area contributed by atoms with Crippen molar-refractivity contribution in [2.75, 3.05) is 25.0 Å². The molecule has 0 bridgehead atoms. The number of nitrogens with zero attached hydrogens (tertiary/aromatic N) is 2. The minimum absolute atomic E-state index is 0. The molecule has 88 valence electrons. The van der Waals surface area contributed by atoms with Gasteiger partial charge in [-0.1, -0.05) is 23.2 Å². The van der Waals surface area contributed by atoms with Crippen molar-refractivity contribution in [1.82, 2.24) is 4.90 Å². The van der Waals surface area contributed by atoms with Crippen LogP contribution in [0.2, 0.25) is 10.0 Å².